The lowest BCUT2D eigenvalue weighted by atomic mass is 9.81. The van der Waals surface area contributed by atoms with Gasteiger partial charge < -0.3 is 20.1 Å². The summed E-state index contributed by atoms with van der Waals surface area (Å²) in [5, 5.41) is 14.6. The number of aromatic amines is 1. The van der Waals surface area contributed by atoms with E-state index >= 15 is 0 Å². The highest BCUT2D eigenvalue weighted by Crippen LogP contribution is 2.49. The molecular weight excluding hydrogens is 444 g/mol. The van der Waals surface area contributed by atoms with E-state index in [9.17, 15) is 14.7 Å². The first kappa shape index (κ1) is 22.0. The number of fused-ring (bicyclic) bond motifs is 4. The van der Waals surface area contributed by atoms with Crippen molar-refractivity contribution < 1.29 is 19.4 Å². The lowest BCUT2D eigenvalue weighted by molar-refractivity contribution is -0.133. The number of nitrogens with zero attached hydrogens (tertiary/aromatic N) is 2. The number of aromatic nitrogens is 1. The van der Waals surface area contributed by atoms with Crippen LogP contribution in [0.15, 0.2) is 42.5 Å². The number of phenolic OH excluding ortho intramolecular Hbond substituents is 1. The number of hydrogen-bond acceptors (Lipinski definition) is 5. The maximum Gasteiger partial charge on any atom is 0.328 e. The molecule has 0 bridgehead atoms. The number of rotatable bonds is 7. The third-order valence-corrected chi connectivity index (χ3v) is 7.70. The van der Waals surface area contributed by atoms with Gasteiger partial charge in [-0.3, -0.25) is 14.6 Å². The summed E-state index contributed by atoms with van der Waals surface area (Å²) in [7, 11) is 1.63. The van der Waals surface area contributed by atoms with E-state index in [1.54, 1.807) is 30.2 Å². The van der Waals surface area contributed by atoms with Crippen LogP contribution in [0.3, 0.4) is 0 Å². The Hall–Kier alpha value is -3.52. The molecule has 8 nitrogen and oxygen atoms in total. The summed E-state index contributed by atoms with van der Waals surface area (Å²) in [6, 6.07) is 11.9. The van der Waals surface area contributed by atoms with Gasteiger partial charge in [-0.2, -0.15) is 0 Å². The van der Waals surface area contributed by atoms with Gasteiger partial charge in [-0.05, 0) is 73.7 Å². The van der Waals surface area contributed by atoms with Crippen LogP contribution in [0.1, 0.15) is 42.6 Å². The summed E-state index contributed by atoms with van der Waals surface area (Å²) in [5.74, 6) is 1.41. The van der Waals surface area contributed by atoms with Gasteiger partial charge in [-0.1, -0.05) is 12.1 Å². The van der Waals surface area contributed by atoms with E-state index in [2.05, 4.69) is 10.3 Å². The van der Waals surface area contributed by atoms with Gasteiger partial charge in [0.1, 0.15) is 23.1 Å². The number of H-pyrrole nitrogens is 1. The van der Waals surface area contributed by atoms with Crippen LogP contribution in [0.2, 0.25) is 0 Å². The molecule has 3 aliphatic rings. The minimum absolute atomic E-state index is 0.119. The number of amides is 3. The Morgan fingerprint density at radius 3 is 2.77 bits per heavy atom. The van der Waals surface area contributed by atoms with Crippen molar-refractivity contribution in [1.29, 1.82) is 0 Å². The number of carbonyl (C=O) groups excluding carboxylic acids is 2. The molecule has 2 atom stereocenters. The van der Waals surface area contributed by atoms with Crippen molar-refractivity contribution in [3.05, 3.63) is 59.3 Å². The van der Waals surface area contributed by atoms with E-state index in [1.807, 2.05) is 31.2 Å². The van der Waals surface area contributed by atoms with E-state index < -0.39 is 11.6 Å². The summed E-state index contributed by atoms with van der Waals surface area (Å²) < 4.78 is 5.46. The Bertz CT molecular complexity index is 1330. The Balaban J connectivity index is 1.44. The zero-order valence-corrected chi connectivity index (χ0v) is 20.0. The second-order valence-electron chi connectivity index (χ2n) is 10.1. The number of hydrogen-bond donors (Lipinski definition) is 3. The van der Waals surface area contributed by atoms with Gasteiger partial charge in [0.2, 0.25) is 0 Å². The Kier molecular flexibility index (Phi) is 5.03. The third kappa shape index (κ3) is 3.46. The first-order valence-electron chi connectivity index (χ1n) is 12.2. The van der Waals surface area contributed by atoms with E-state index in [1.165, 1.54) is 17.7 Å². The number of imide groups is 1. The molecule has 2 aromatic carbocycles. The molecule has 2 unspecified atom stereocenters. The molecule has 3 N–H and O–H groups in total. The molecule has 3 aromatic rings. The standard InChI is InChI=1S/C27H30N4O4/c1-27-14-21-20-13-19(35-2)8-9-22(20)29-23(21)24(17-4-3-5-18(32)12-17)31(27)26(34)30(25(27)33)11-10-28-15-16-6-7-16/h3-5,8-9,12-13,16,24,28-29,32H,6-7,10-11,14-15H2,1-2H3. The largest absolute Gasteiger partial charge is 0.508 e. The van der Waals surface area contributed by atoms with Crippen LogP contribution in [0, 0.1) is 5.92 Å². The molecule has 8 heteroatoms. The lowest BCUT2D eigenvalue weighted by Crippen LogP contribution is -2.53. The Labute approximate surface area is 203 Å². The molecular formula is C27H30N4O4. The molecule has 0 spiro atoms. The van der Waals surface area contributed by atoms with Crippen molar-refractivity contribution in [3.8, 4) is 11.5 Å². The number of urea groups is 1. The molecule has 3 amide bonds. The monoisotopic (exact) mass is 474 g/mol. The van der Waals surface area contributed by atoms with Crippen LogP contribution in [0.4, 0.5) is 4.79 Å². The summed E-state index contributed by atoms with van der Waals surface area (Å²) in [4.78, 5) is 34.2. The molecule has 35 heavy (non-hydrogen) atoms. The van der Waals surface area contributed by atoms with Crippen molar-refractivity contribution in [2.45, 2.75) is 37.8 Å². The first-order chi connectivity index (χ1) is 16.9. The van der Waals surface area contributed by atoms with Crippen LogP contribution in [-0.4, -0.2) is 64.1 Å². The molecule has 1 aliphatic carbocycles. The van der Waals surface area contributed by atoms with Gasteiger partial charge in [0.15, 0.2) is 0 Å². The topological polar surface area (TPSA) is 97.9 Å². The molecule has 1 aromatic heterocycles. The van der Waals surface area contributed by atoms with Gasteiger partial charge in [-0.15, -0.1) is 0 Å². The Morgan fingerprint density at radius 1 is 1.20 bits per heavy atom. The van der Waals surface area contributed by atoms with Crippen molar-refractivity contribution >= 4 is 22.8 Å². The quantitative estimate of drug-likeness (QED) is 0.359. The highest BCUT2D eigenvalue weighted by atomic mass is 16.5. The number of methoxy groups -OCH3 is 1. The summed E-state index contributed by atoms with van der Waals surface area (Å²) in [5.41, 5.74) is 2.51. The summed E-state index contributed by atoms with van der Waals surface area (Å²) in [6.45, 7) is 3.72. The first-order valence-corrected chi connectivity index (χ1v) is 12.2. The minimum Gasteiger partial charge on any atom is -0.508 e. The smallest absolute Gasteiger partial charge is 0.328 e. The maximum absolute atomic E-state index is 13.8. The number of ether oxygens (including phenoxy) is 1. The second kappa shape index (κ2) is 8.02. The number of benzene rings is 2. The van der Waals surface area contributed by atoms with Crippen LogP contribution in [0.25, 0.3) is 10.9 Å². The van der Waals surface area contributed by atoms with Crippen LogP contribution < -0.4 is 10.1 Å². The fourth-order valence-electron chi connectivity index (χ4n) is 5.68. The molecule has 1 saturated heterocycles. The van der Waals surface area contributed by atoms with Crippen LogP contribution >= 0.6 is 0 Å². The third-order valence-electron chi connectivity index (χ3n) is 7.70. The SMILES string of the molecule is COc1ccc2[nH]c3c(c2c1)CC1(C)C(=O)N(CCNCC2CC2)C(=O)N1C3c1cccc(O)c1. The van der Waals surface area contributed by atoms with Gasteiger partial charge in [0.05, 0.1) is 7.11 Å². The van der Waals surface area contributed by atoms with E-state index in [4.69, 9.17) is 4.74 Å². The Morgan fingerprint density at radius 2 is 2.03 bits per heavy atom. The fraction of sp³-hybridized carbons (Fsp3) is 0.407. The number of nitrogens with one attached hydrogen (secondary N) is 2. The fourth-order valence-corrected chi connectivity index (χ4v) is 5.68. The van der Waals surface area contributed by atoms with Crippen molar-refractivity contribution in [2.75, 3.05) is 26.7 Å². The predicted molar refractivity (Wildman–Crippen MR) is 131 cm³/mol. The average molecular weight is 475 g/mol. The van der Waals surface area contributed by atoms with E-state index in [0.29, 0.717) is 19.5 Å². The highest BCUT2D eigenvalue weighted by molar-refractivity contribution is 6.08. The maximum atomic E-state index is 13.8. The molecule has 2 aliphatic heterocycles. The molecule has 2 fully saturated rings. The zero-order valence-electron chi connectivity index (χ0n) is 20.0. The normalized spacial score (nSPS) is 23.7. The van der Waals surface area contributed by atoms with Crippen LogP contribution in [-0.2, 0) is 11.2 Å². The minimum atomic E-state index is -1.03. The highest BCUT2D eigenvalue weighted by Gasteiger charge is 2.60. The van der Waals surface area contributed by atoms with E-state index in [-0.39, 0.29) is 17.7 Å². The van der Waals surface area contributed by atoms with Gasteiger partial charge in [-0.25, -0.2) is 4.79 Å². The van der Waals surface area contributed by atoms with Gasteiger partial charge >= 0.3 is 6.03 Å². The van der Waals surface area contributed by atoms with Gasteiger partial charge in [0, 0.05) is 36.1 Å². The zero-order chi connectivity index (χ0) is 24.3. The second-order valence-corrected chi connectivity index (χ2v) is 10.1. The number of carbonyl (C=O) groups is 2. The summed E-state index contributed by atoms with van der Waals surface area (Å²) >= 11 is 0. The molecule has 1 saturated carbocycles. The molecule has 6 rings (SSSR count). The molecule has 0 radical (unpaired) electrons. The van der Waals surface area contributed by atoms with Crippen molar-refractivity contribution in [3.63, 3.8) is 0 Å². The summed E-state index contributed by atoms with van der Waals surface area (Å²) in [6.07, 6.45) is 2.91. The van der Waals surface area contributed by atoms with Crippen LogP contribution in [0.5, 0.6) is 11.5 Å². The molecule has 182 valence electrons. The number of aromatic hydroxyl groups is 1. The van der Waals surface area contributed by atoms with E-state index in [0.717, 1.165) is 45.9 Å². The van der Waals surface area contributed by atoms with Gasteiger partial charge in [0.25, 0.3) is 5.91 Å². The van der Waals surface area contributed by atoms with Crippen molar-refractivity contribution in [2.24, 2.45) is 5.92 Å². The molecule has 3 heterocycles. The lowest BCUT2D eigenvalue weighted by Gasteiger charge is -2.42. The average Bonchev–Trinajstić information content (AvgIpc) is 3.58. The number of phenols is 1. The van der Waals surface area contributed by atoms with Crippen molar-refractivity contribution in [1.82, 2.24) is 20.1 Å². The predicted octanol–water partition coefficient (Wildman–Crippen LogP) is 3.55.